The minimum Gasteiger partial charge on any atom is -0.328 e. The molecule has 2 fully saturated rings. The first-order chi connectivity index (χ1) is 14.6. The Morgan fingerprint density at radius 1 is 0.900 bits per heavy atom. The van der Waals surface area contributed by atoms with Crippen molar-refractivity contribution < 1.29 is 8.78 Å². The molecular weight excluding hydrogens is 386 g/mol. The second-order valence-electron chi connectivity index (χ2n) is 8.06. The molecule has 30 heavy (non-hydrogen) atoms. The van der Waals surface area contributed by atoms with E-state index < -0.39 is 11.6 Å². The summed E-state index contributed by atoms with van der Waals surface area (Å²) in [6, 6.07) is 7.43. The zero-order valence-corrected chi connectivity index (χ0v) is 16.4. The van der Waals surface area contributed by atoms with Crippen molar-refractivity contribution >= 4 is 11.8 Å². The van der Waals surface area contributed by atoms with E-state index in [1.54, 1.807) is 18.3 Å². The molecule has 3 aromatic rings. The van der Waals surface area contributed by atoms with Gasteiger partial charge in [0, 0.05) is 29.8 Å². The van der Waals surface area contributed by atoms with E-state index in [4.69, 9.17) is 5.73 Å². The van der Waals surface area contributed by atoms with E-state index >= 15 is 0 Å². The minimum atomic E-state index is -0.619. The number of halogens is 2. The molecule has 2 heterocycles. The minimum absolute atomic E-state index is 0.0855. The average molecular weight is 408 g/mol. The Labute approximate surface area is 173 Å². The van der Waals surface area contributed by atoms with Gasteiger partial charge in [-0.3, -0.25) is 4.90 Å². The van der Waals surface area contributed by atoms with Crippen LogP contribution in [0.25, 0.3) is 11.1 Å². The van der Waals surface area contributed by atoms with Crippen molar-refractivity contribution in [2.45, 2.75) is 50.1 Å². The summed E-state index contributed by atoms with van der Waals surface area (Å²) in [6.45, 7) is 0. The number of nitrogens with zero attached hydrogens (tertiary/aromatic N) is 5. The number of rotatable bonds is 5. The monoisotopic (exact) mass is 408 g/mol. The molecule has 0 saturated heterocycles. The molecule has 2 saturated carbocycles. The van der Waals surface area contributed by atoms with Crippen molar-refractivity contribution in [3.63, 3.8) is 0 Å². The number of hydrogen-bond donors (Lipinski definition) is 1. The molecule has 0 amide bonds. The zero-order chi connectivity index (χ0) is 20.7. The van der Waals surface area contributed by atoms with Crippen molar-refractivity contribution in [3.8, 4) is 11.1 Å². The Morgan fingerprint density at radius 3 is 2.27 bits per heavy atom. The molecule has 2 N–H and O–H groups in total. The van der Waals surface area contributed by atoms with Crippen molar-refractivity contribution in [3.05, 3.63) is 60.1 Å². The maximum absolute atomic E-state index is 14.1. The van der Waals surface area contributed by atoms with Gasteiger partial charge in [-0.1, -0.05) is 6.07 Å². The maximum atomic E-state index is 14.1. The van der Waals surface area contributed by atoms with Crippen molar-refractivity contribution in [2.75, 3.05) is 4.90 Å². The molecule has 2 aliphatic carbocycles. The summed E-state index contributed by atoms with van der Waals surface area (Å²) < 4.78 is 28.3. The van der Waals surface area contributed by atoms with E-state index in [2.05, 4.69) is 20.2 Å². The van der Waals surface area contributed by atoms with E-state index in [9.17, 15) is 8.78 Å². The third-order valence-corrected chi connectivity index (χ3v) is 5.84. The Balaban J connectivity index is 1.49. The molecule has 2 aliphatic rings. The Hall–Kier alpha value is -3.00. The van der Waals surface area contributed by atoms with E-state index in [0.29, 0.717) is 23.2 Å². The Bertz CT molecular complexity index is 1020. The van der Waals surface area contributed by atoms with Crippen LogP contribution >= 0.6 is 0 Å². The summed E-state index contributed by atoms with van der Waals surface area (Å²) >= 11 is 0. The first kappa shape index (κ1) is 19.0. The topological polar surface area (TPSA) is 80.8 Å². The molecule has 8 heteroatoms. The second kappa shape index (κ2) is 7.68. The van der Waals surface area contributed by atoms with E-state index in [1.165, 1.54) is 24.4 Å². The van der Waals surface area contributed by atoms with Crippen LogP contribution in [0.3, 0.4) is 0 Å². The molecule has 0 radical (unpaired) electrons. The van der Waals surface area contributed by atoms with Crippen LogP contribution in [-0.2, 0) is 0 Å². The molecule has 5 rings (SSSR count). The van der Waals surface area contributed by atoms with Crippen LogP contribution in [0.5, 0.6) is 0 Å². The average Bonchev–Trinajstić information content (AvgIpc) is 3.51. The number of anilines is 2. The SMILES string of the molecule is N[C@H]1CC[C@H](N(c2ccc(-c3c(F)cccc3F)cn2)c2ncc(C3CC3)nn2)C1. The molecule has 154 valence electrons. The molecule has 2 aromatic heterocycles. The maximum Gasteiger partial charge on any atom is 0.251 e. The normalized spacial score (nSPS) is 21.0. The number of hydrogen-bond acceptors (Lipinski definition) is 6. The summed E-state index contributed by atoms with van der Waals surface area (Å²) in [5.41, 5.74) is 7.34. The van der Waals surface area contributed by atoms with Crippen LogP contribution < -0.4 is 10.6 Å². The van der Waals surface area contributed by atoms with Crippen LogP contribution in [0, 0.1) is 11.6 Å². The zero-order valence-electron chi connectivity index (χ0n) is 16.4. The molecule has 0 spiro atoms. The highest BCUT2D eigenvalue weighted by Gasteiger charge is 2.32. The number of benzene rings is 1. The molecule has 0 unspecified atom stereocenters. The number of nitrogens with two attached hydrogens (primary N) is 1. The van der Waals surface area contributed by atoms with Gasteiger partial charge in [-0.05, 0) is 56.4 Å². The second-order valence-corrected chi connectivity index (χ2v) is 8.06. The smallest absolute Gasteiger partial charge is 0.251 e. The fourth-order valence-electron chi connectivity index (χ4n) is 4.08. The third kappa shape index (κ3) is 3.63. The lowest BCUT2D eigenvalue weighted by atomic mass is 10.1. The predicted molar refractivity (Wildman–Crippen MR) is 109 cm³/mol. The Kier molecular flexibility index (Phi) is 4.86. The van der Waals surface area contributed by atoms with Crippen molar-refractivity contribution in [2.24, 2.45) is 5.73 Å². The van der Waals surface area contributed by atoms with Crippen molar-refractivity contribution in [1.82, 2.24) is 20.2 Å². The summed E-state index contributed by atoms with van der Waals surface area (Å²) in [5.74, 6) is 0.310. The van der Waals surface area contributed by atoms with Crippen LogP contribution in [0.2, 0.25) is 0 Å². The fraction of sp³-hybridized carbons (Fsp3) is 0.364. The lowest BCUT2D eigenvalue weighted by Crippen LogP contribution is -2.32. The first-order valence-corrected chi connectivity index (χ1v) is 10.2. The number of pyridine rings is 1. The predicted octanol–water partition coefficient (Wildman–Crippen LogP) is 4.11. The van der Waals surface area contributed by atoms with Gasteiger partial charge < -0.3 is 5.73 Å². The highest BCUT2D eigenvalue weighted by atomic mass is 19.1. The lowest BCUT2D eigenvalue weighted by Gasteiger charge is -2.28. The molecular formula is C22H22F2N6. The van der Waals surface area contributed by atoms with Crippen LogP contribution in [0.15, 0.2) is 42.7 Å². The largest absolute Gasteiger partial charge is 0.328 e. The first-order valence-electron chi connectivity index (χ1n) is 10.2. The molecule has 0 aliphatic heterocycles. The summed E-state index contributed by atoms with van der Waals surface area (Å²) in [7, 11) is 0. The van der Waals surface area contributed by atoms with E-state index in [1.807, 2.05) is 4.90 Å². The van der Waals surface area contributed by atoms with Gasteiger partial charge in [0.25, 0.3) is 5.95 Å². The van der Waals surface area contributed by atoms with Gasteiger partial charge in [0.05, 0.1) is 17.5 Å². The highest BCUT2D eigenvalue weighted by Crippen LogP contribution is 2.39. The number of aromatic nitrogens is 4. The molecule has 0 bridgehead atoms. The third-order valence-electron chi connectivity index (χ3n) is 5.84. The molecule has 2 atom stereocenters. The Morgan fingerprint density at radius 2 is 1.70 bits per heavy atom. The standard InChI is InChI=1S/C22H22F2N6/c23-17-2-1-3-18(24)21(17)14-6-9-20(26-11-14)30(16-8-7-15(25)10-16)22-27-12-19(28-29-22)13-4-5-13/h1-3,6,9,11-13,15-16H,4-5,7-8,10,25H2/t15-,16-/m0/s1. The summed E-state index contributed by atoms with van der Waals surface area (Å²) in [5, 5.41) is 8.71. The summed E-state index contributed by atoms with van der Waals surface area (Å²) in [4.78, 5) is 11.0. The lowest BCUT2D eigenvalue weighted by molar-refractivity contribution is 0.589. The quantitative estimate of drug-likeness (QED) is 0.684. The van der Waals surface area contributed by atoms with Crippen LogP contribution in [0.1, 0.15) is 43.7 Å². The van der Waals surface area contributed by atoms with Crippen LogP contribution in [-0.4, -0.2) is 32.2 Å². The van der Waals surface area contributed by atoms with Crippen LogP contribution in [0.4, 0.5) is 20.5 Å². The fourth-order valence-corrected chi connectivity index (χ4v) is 4.08. The van der Waals surface area contributed by atoms with E-state index in [0.717, 1.165) is 37.8 Å². The molecule has 1 aromatic carbocycles. The van der Waals surface area contributed by atoms with Gasteiger partial charge in [0.15, 0.2) is 0 Å². The molecule has 6 nitrogen and oxygen atoms in total. The van der Waals surface area contributed by atoms with Gasteiger partial charge >= 0.3 is 0 Å². The highest BCUT2D eigenvalue weighted by molar-refractivity contribution is 5.66. The van der Waals surface area contributed by atoms with Gasteiger partial charge in [-0.25, -0.2) is 18.7 Å². The van der Waals surface area contributed by atoms with Gasteiger partial charge in [0.2, 0.25) is 0 Å². The summed E-state index contributed by atoms with van der Waals surface area (Å²) in [6.07, 6.45) is 8.11. The van der Waals surface area contributed by atoms with Gasteiger partial charge in [0.1, 0.15) is 17.5 Å². The van der Waals surface area contributed by atoms with Gasteiger partial charge in [-0.2, -0.15) is 0 Å². The van der Waals surface area contributed by atoms with E-state index in [-0.39, 0.29) is 17.6 Å². The van der Waals surface area contributed by atoms with Gasteiger partial charge in [-0.15, -0.1) is 10.2 Å². The van der Waals surface area contributed by atoms with Crippen molar-refractivity contribution in [1.29, 1.82) is 0 Å².